The van der Waals surface area contributed by atoms with E-state index in [4.69, 9.17) is 0 Å². The summed E-state index contributed by atoms with van der Waals surface area (Å²) in [6, 6.07) is 0. The minimum atomic E-state index is -1.03. The lowest BCUT2D eigenvalue weighted by atomic mass is 10.0. The van der Waals surface area contributed by atoms with Gasteiger partial charge in [0.1, 0.15) is 0 Å². The molecule has 0 atom stereocenters. The number of esters is 2. The van der Waals surface area contributed by atoms with Crippen molar-refractivity contribution in [2.24, 2.45) is 5.92 Å². The fraction of sp³-hybridized carbons (Fsp3) is 0.700. The van der Waals surface area contributed by atoms with E-state index in [1.807, 2.05) is 0 Å². The predicted octanol–water partition coefficient (Wildman–Crippen LogP) is -0.135. The van der Waals surface area contributed by atoms with E-state index >= 15 is 0 Å². The number of ether oxygens (including phenoxy) is 2. The molecule has 0 fully saturated rings. The first-order valence-electron chi connectivity index (χ1n) is 4.99. The van der Waals surface area contributed by atoms with Gasteiger partial charge in [0.05, 0.1) is 14.2 Å². The van der Waals surface area contributed by atoms with E-state index in [0.29, 0.717) is 6.54 Å². The highest BCUT2D eigenvalue weighted by Gasteiger charge is 2.28. The van der Waals surface area contributed by atoms with Crippen LogP contribution in [0, 0.1) is 5.92 Å². The van der Waals surface area contributed by atoms with Crippen LogP contribution < -0.4 is 5.32 Å². The first-order valence-corrected chi connectivity index (χ1v) is 4.99. The quantitative estimate of drug-likeness (QED) is 0.508. The van der Waals surface area contributed by atoms with E-state index in [9.17, 15) is 14.4 Å². The third kappa shape index (κ3) is 4.77. The van der Waals surface area contributed by atoms with Crippen molar-refractivity contribution in [3.8, 4) is 0 Å². The van der Waals surface area contributed by atoms with Crippen LogP contribution in [0.15, 0.2) is 0 Å². The second kappa shape index (κ2) is 7.67. The van der Waals surface area contributed by atoms with E-state index < -0.39 is 17.9 Å². The van der Waals surface area contributed by atoms with Crippen LogP contribution >= 0.6 is 0 Å². The molecule has 0 heterocycles. The van der Waals surface area contributed by atoms with Crippen LogP contribution in [-0.4, -0.2) is 38.6 Å². The fourth-order valence-corrected chi connectivity index (χ4v) is 1.18. The predicted molar refractivity (Wildman–Crippen MR) is 55.4 cm³/mol. The first kappa shape index (κ1) is 14.4. The third-order valence-electron chi connectivity index (χ3n) is 2.01. The summed E-state index contributed by atoms with van der Waals surface area (Å²) in [6.07, 6.45) is 0.174. The van der Waals surface area contributed by atoms with Gasteiger partial charge in [-0.15, -0.1) is 0 Å². The molecule has 0 aromatic carbocycles. The molecule has 92 valence electrons. The Hall–Kier alpha value is -1.59. The molecule has 0 unspecified atom stereocenters. The van der Waals surface area contributed by atoms with Crippen molar-refractivity contribution in [1.29, 1.82) is 0 Å². The van der Waals surface area contributed by atoms with E-state index in [2.05, 4.69) is 14.8 Å². The van der Waals surface area contributed by atoms with Crippen molar-refractivity contribution in [3.05, 3.63) is 0 Å². The highest BCUT2D eigenvalue weighted by Crippen LogP contribution is 2.10. The van der Waals surface area contributed by atoms with Gasteiger partial charge in [0.25, 0.3) is 0 Å². The number of nitrogens with one attached hydrogen (secondary N) is 1. The van der Waals surface area contributed by atoms with Gasteiger partial charge in [-0.1, -0.05) is 0 Å². The number of carbonyl (C=O) groups excluding carboxylic acids is 3. The summed E-state index contributed by atoms with van der Waals surface area (Å²) in [5.41, 5.74) is 0. The van der Waals surface area contributed by atoms with Gasteiger partial charge in [0.15, 0.2) is 5.92 Å². The number of carbonyl (C=O) groups is 3. The molecule has 0 saturated carbocycles. The number of amides is 1. The SMILES string of the molecule is CCNC(=O)CCC(C(=O)OC)C(=O)OC. The molecule has 0 bridgehead atoms. The van der Waals surface area contributed by atoms with Gasteiger partial charge in [-0.2, -0.15) is 0 Å². The Bertz CT molecular complexity index is 248. The Morgan fingerprint density at radius 2 is 1.62 bits per heavy atom. The van der Waals surface area contributed by atoms with Crippen LogP contribution in [0.4, 0.5) is 0 Å². The summed E-state index contributed by atoms with van der Waals surface area (Å²) in [4.78, 5) is 33.6. The standard InChI is InChI=1S/C10H17NO5/c1-4-11-8(12)6-5-7(9(13)15-2)10(14)16-3/h7H,4-6H2,1-3H3,(H,11,12). The Morgan fingerprint density at radius 3 is 2.00 bits per heavy atom. The van der Waals surface area contributed by atoms with E-state index in [1.54, 1.807) is 6.92 Å². The molecule has 16 heavy (non-hydrogen) atoms. The van der Waals surface area contributed by atoms with Gasteiger partial charge in [-0.25, -0.2) is 0 Å². The minimum absolute atomic E-state index is 0.0860. The lowest BCUT2D eigenvalue weighted by Crippen LogP contribution is -2.29. The number of hydrogen-bond acceptors (Lipinski definition) is 5. The van der Waals surface area contributed by atoms with E-state index in [1.165, 1.54) is 14.2 Å². The zero-order chi connectivity index (χ0) is 12.6. The van der Waals surface area contributed by atoms with Crippen molar-refractivity contribution in [3.63, 3.8) is 0 Å². The molecule has 0 rings (SSSR count). The highest BCUT2D eigenvalue weighted by molar-refractivity contribution is 5.95. The van der Waals surface area contributed by atoms with Gasteiger partial charge >= 0.3 is 11.9 Å². The summed E-state index contributed by atoms with van der Waals surface area (Å²) in [7, 11) is 2.37. The Balaban J connectivity index is 4.28. The van der Waals surface area contributed by atoms with Crippen LogP contribution in [0.1, 0.15) is 19.8 Å². The Labute approximate surface area is 94.3 Å². The monoisotopic (exact) mass is 231 g/mol. The highest BCUT2D eigenvalue weighted by atomic mass is 16.5. The molecule has 0 radical (unpaired) electrons. The van der Waals surface area contributed by atoms with E-state index in [-0.39, 0.29) is 18.7 Å². The lowest BCUT2D eigenvalue weighted by Gasteiger charge is -2.11. The van der Waals surface area contributed by atoms with Crippen molar-refractivity contribution < 1.29 is 23.9 Å². The molecule has 0 spiro atoms. The molecule has 1 amide bonds. The average Bonchev–Trinajstić information content (AvgIpc) is 2.28. The largest absolute Gasteiger partial charge is 0.468 e. The normalized spacial score (nSPS) is 9.75. The molecule has 6 heteroatoms. The van der Waals surface area contributed by atoms with Crippen LogP contribution in [0.25, 0.3) is 0 Å². The molecule has 0 aliphatic rings. The zero-order valence-electron chi connectivity index (χ0n) is 9.74. The second-order valence-electron chi connectivity index (χ2n) is 3.09. The van der Waals surface area contributed by atoms with Crippen molar-refractivity contribution >= 4 is 17.8 Å². The number of methoxy groups -OCH3 is 2. The lowest BCUT2D eigenvalue weighted by molar-refractivity contribution is -0.159. The van der Waals surface area contributed by atoms with Crippen LogP contribution in [0.5, 0.6) is 0 Å². The molecular weight excluding hydrogens is 214 g/mol. The Morgan fingerprint density at radius 1 is 1.12 bits per heavy atom. The maximum absolute atomic E-state index is 11.2. The maximum Gasteiger partial charge on any atom is 0.320 e. The molecule has 0 saturated heterocycles. The van der Waals surface area contributed by atoms with Crippen LogP contribution in [0.2, 0.25) is 0 Å². The molecular formula is C10H17NO5. The second-order valence-corrected chi connectivity index (χ2v) is 3.09. The molecule has 1 N–H and O–H groups in total. The molecule has 0 aromatic rings. The molecule has 0 aliphatic heterocycles. The molecule has 0 aromatic heterocycles. The van der Waals surface area contributed by atoms with Gasteiger partial charge in [-0.05, 0) is 13.3 Å². The van der Waals surface area contributed by atoms with E-state index in [0.717, 1.165) is 0 Å². The minimum Gasteiger partial charge on any atom is -0.468 e. The van der Waals surface area contributed by atoms with Crippen molar-refractivity contribution in [1.82, 2.24) is 5.32 Å². The Kier molecular flexibility index (Phi) is 6.91. The third-order valence-corrected chi connectivity index (χ3v) is 2.01. The number of hydrogen-bond donors (Lipinski definition) is 1. The maximum atomic E-state index is 11.2. The summed E-state index contributed by atoms with van der Waals surface area (Å²) < 4.78 is 8.91. The average molecular weight is 231 g/mol. The van der Waals surface area contributed by atoms with Gasteiger partial charge in [0, 0.05) is 13.0 Å². The van der Waals surface area contributed by atoms with Gasteiger partial charge < -0.3 is 14.8 Å². The van der Waals surface area contributed by atoms with Gasteiger partial charge in [0.2, 0.25) is 5.91 Å². The summed E-state index contributed by atoms with van der Waals surface area (Å²) >= 11 is 0. The fourth-order valence-electron chi connectivity index (χ4n) is 1.18. The topological polar surface area (TPSA) is 81.7 Å². The first-order chi connectivity index (χ1) is 7.56. The van der Waals surface area contributed by atoms with Crippen LogP contribution in [0.3, 0.4) is 0 Å². The molecule has 0 aliphatic carbocycles. The summed E-state index contributed by atoms with van der Waals surface area (Å²) in [5.74, 6) is -2.61. The molecule has 6 nitrogen and oxygen atoms in total. The van der Waals surface area contributed by atoms with Crippen molar-refractivity contribution in [2.45, 2.75) is 19.8 Å². The summed E-state index contributed by atoms with van der Waals surface area (Å²) in [5, 5.41) is 2.57. The van der Waals surface area contributed by atoms with Crippen LogP contribution in [-0.2, 0) is 23.9 Å². The zero-order valence-corrected chi connectivity index (χ0v) is 9.74. The van der Waals surface area contributed by atoms with Crippen molar-refractivity contribution in [2.75, 3.05) is 20.8 Å². The summed E-state index contributed by atoms with van der Waals surface area (Å²) in [6.45, 7) is 2.30. The smallest absolute Gasteiger partial charge is 0.320 e. The number of rotatable bonds is 6. The van der Waals surface area contributed by atoms with Gasteiger partial charge in [-0.3, -0.25) is 14.4 Å².